The summed E-state index contributed by atoms with van der Waals surface area (Å²) in [5.74, 6) is -0.600. The first-order chi connectivity index (χ1) is 12.9. The fourth-order valence-corrected chi connectivity index (χ4v) is 6.13. The van der Waals surface area contributed by atoms with Crippen molar-refractivity contribution in [2.45, 2.75) is 23.8 Å². The van der Waals surface area contributed by atoms with Crippen LogP contribution in [-0.2, 0) is 9.84 Å². The molecule has 0 spiro atoms. The number of sulfone groups is 1. The van der Waals surface area contributed by atoms with Crippen LogP contribution in [0, 0.1) is 5.82 Å². The van der Waals surface area contributed by atoms with E-state index in [4.69, 9.17) is 0 Å². The second-order valence-electron chi connectivity index (χ2n) is 6.68. The Labute approximate surface area is 161 Å². The zero-order valence-corrected chi connectivity index (χ0v) is 16.1. The van der Waals surface area contributed by atoms with Gasteiger partial charge in [0.2, 0.25) is 0 Å². The number of benzene rings is 2. The standard InChI is InChI=1S/C20H18FNO3S2/c21-15-8-9-18-14(11-15)12-19(26-18)20(23)22-10-4-5-16(22)13-27(24,25)17-6-2-1-3-7-17/h1-3,6-9,11-12,16H,4-5,10,13H2. The number of likely N-dealkylation sites (tertiary alicyclic amines) is 1. The highest BCUT2D eigenvalue weighted by molar-refractivity contribution is 7.91. The number of nitrogens with zero attached hydrogens (tertiary/aromatic N) is 1. The molecule has 140 valence electrons. The second-order valence-corrected chi connectivity index (χ2v) is 9.80. The van der Waals surface area contributed by atoms with E-state index < -0.39 is 9.84 Å². The van der Waals surface area contributed by atoms with Gasteiger partial charge in [-0.25, -0.2) is 12.8 Å². The third-order valence-electron chi connectivity index (χ3n) is 4.84. The number of halogens is 1. The third-order valence-corrected chi connectivity index (χ3v) is 7.76. The third kappa shape index (κ3) is 3.61. The van der Waals surface area contributed by atoms with Crippen molar-refractivity contribution in [3.05, 3.63) is 65.3 Å². The molecule has 4 nitrogen and oxygen atoms in total. The van der Waals surface area contributed by atoms with Crippen LogP contribution >= 0.6 is 11.3 Å². The molecule has 0 saturated carbocycles. The van der Waals surface area contributed by atoms with Crippen LogP contribution < -0.4 is 0 Å². The van der Waals surface area contributed by atoms with E-state index >= 15 is 0 Å². The van der Waals surface area contributed by atoms with E-state index in [0.29, 0.717) is 23.2 Å². The maximum Gasteiger partial charge on any atom is 0.264 e. The summed E-state index contributed by atoms with van der Waals surface area (Å²) in [7, 11) is -3.46. The Hall–Kier alpha value is -2.25. The van der Waals surface area contributed by atoms with Crippen LogP contribution in [-0.4, -0.2) is 37.6 Å². The van der Waals surface area contributed by atoms with Crippen LogP contribution in [0.2, 0.25) is 0 Å². The number of carbonyl (C=O) groups excluding carboxylic acids is 1. The predicted octanol–water partition coefficient (Wildman–Crippen LogP) is 4.12. The molecule has 1 saturated heterocycles. The van der Waals surface area contributed by atoms with E-state index in [2.05, 4.69) is 0 Å². The molecule has 1 aliphatic heterocycles. The molecule has 1 atom stereocenters. The summed E-state index contributed by atoms with van der Waals surface area (Å²) < 4.78 is 39.6. The zero-order chi connectivity index (χ0) is 19.0. The lowest BCUT2D eigenvalue weighted by molar-refractivity contribution is 0.0754. The normalized spacial score (nSPS) is 17.5. The lowest BCUT2D eigenvalue weighted by atomic mass is 10.2. The van der Waals surface area contributed by atoms with Crippen LogP contribution in [0.3, 0.4) is 0 Å². The van der Waals surface area contributed by atoms with Crippen LogP contribution in [0.5, 0.6) is 0 Å². The van der Waals surface area contributed by atoms with Crippen molar-refractivity contribution < 1.29 is 17.6 Å². The summed E-state index contributed by atoms with van der Waals surface area (Å²) in [6.45, 7) is 0.538. The largest absolute Gasteiger partial charge is 0.334 e. The molecule has 2 heterocycles. The Kier molecular flexibility index (Phi) is 4.74. The topological polar surface area (TPSA) is 54.5 Å². The summed E-state index contributed by atoms with van der Waals surface area (Å²) in [6.07, 6.45) is 1.44. The highest BCUT2D eigenvalue weighted by atomic mass is 32.2. The van der Waals surface area contributed by atoms with Gasteiger partial charge in [0, 0.05) is 17.3 Å². The molecule has 2 aromatic carbocycles. The number of fused-ring (bicyclic) bond motifs is 1. The molecular formula is C20H18FNO3S2. The van der Waals surface area contributed by atoms with Crippen LogP contribution in [0.25, 0.3) is 10.1 Å². The highest BCUT2D eigenvalue weighted by Gasteiger charge is 2.34. The maximum absolute atomic E-state index is 13.4. The smallest absolute Gasteiger partial charge is 0.264 e. The molecule has 4 rings (SSSR count). The number of hydrogen-bond acceptors (Lipinski definition) is 4. The minimum absolute atomic E-state index is 0.0811. The van der Waals surface area contributed by atoms with Gasteiger partial charge >= 0.3 is 0 Å². The van der Waals surface area contributed by atoms with E-state index in [9.17, 15) is 17.6 Å². The van der Waals surface area contributed by atoms with Gasteiger partial charge in [-0.2, -0.15) is 0 Å². The summed E-state index contributed by atoms with van der Waals surface area (Å²) in [5, 5.41) is 0.691. The molecule has 1 fully saturated rings. The summed E-state index contributed by atoms with van der Waals surface area (Å²) in [4.78, 5) is 15.4. The molecule has 1 unspecified atom stereocenters. The summed E-state index contributed by atoms with van der Waals surface area (Å²) >= 11 is 1.31. The van der Waals surface area contributed by atoms with Crippen molar-refractivity contribution in [2.75, 3.05) is 12.3 Å². The Morgan fingerprint density at radius 3 is 2.70 bits per heavy atom. The van der Waals surface area contributed by atoms with Gasteiger partial charge in [-0.3, -0.25) is 4.79 Å². The Morgan fingerprint density at radius 2 is 1.93 bits per heavy atom. The molecule has 7 heteroatoms. The molecule has 1 aromatic heterocycles. The average molecular weight is 404 g/mol. The van der Waals surface area contributed by atoms with Crippen molar-refractivity contribution >= 4 is 37.2 Å². The Balaban J connectivity index is 1.58. The van der Waals surface area contributed by atoms with E-state index in [0.717, 1.165) is 11.1 Å². The van der Waals surface area contributed by atoms with Crippen molar-refractivity contribution in [1.29, 1.82) is 0 Å². The Morgan fingerprint density at radius 1 is 1.15 bits per heavy atom. The van der Waals surface area contributed by atoms with Crippen molar-refractivity contribution in [3.63, 3.8) is 0 Å². The Bertz CT molecular complexity index is 1090. The molecule has 27 heavy (non-hydrogen) atoms. The lowest BCUT2D eigenvalue weighted by Gasteiger charge is -2.24. The van der Waals surface area contributed by atoms with Crippen LogP contribution in [0.4, 0.5) is 4.39 Å². The van der Waals surface area contributed by atoms with Gasteiger partial charge < -0.3 is 4.90 Å². The molecule has 0 aliphatic carbocycles. The molecule has 1 aliphatic rings. The van der Waals surface area contributed by atoms with E-state index in [1.54, 1.807) is 47.4 Å². The van der Waals surface area contributed by atoms with Crippen LogP contribution in [0.15, 0.2) is 59.5 Å². The predicted molar refractivity (Wildman–Crippen MR) is 104 cm³/mol. The quantitative estimate of drug-likeness (QED) is 0.659. The van der Waals surface area contributed by atoms with Gasteiger partial charge in [-0.05, 0) is 54.6 Å². The molecule has 0 radical (unpaired) electrons. The first kappa shape index (κ1) is 18.1. The van der Waals surface area contributed by atoms with Gasteiger partial charge in [0.1, 0.15) is 5.82 Å². The minimum atomic E-state index is -3.46. The van der Waals surface area contributed by atoms with Gasteiger partial charge in [-0.15, -0.1) is 11.3 Å². The second kappa shape index (κ2) is 7.05. The van der Waals surface area contributed by atoms with Crippen molar-refractivity contribution in [2.24, 2.45) is 0 Å². The average Bonchev–Trinajstić information content (AvgIpc) is 3.28. The first-order valence-electron chi connectivity index (χ1n) is 8.72. The van der Waals surface area contributed by atoms with Crippen molar-refractivity contribution in [1.82, 2.24) is 4.90 Å². The van der Waals surface area contributed by atoms with E-state index in [-0.39, 0.29) is 28.4 Å². The SMILES string of the molecule is O=C(c1cc2cc(F)ccc2s1)N1CCCC1CS(=O)(=O)c1ccccc1. The van der Waals surface area contributed by atoms with E-state index in [1.165, 1.54) is 23.5 Å². The van der Waals surface area contributed by atoms with Gasteiger partial charge in [0.25, 0.3) is 5.91 Å². The lowest BCUT2D eigenvalue weighted by Crippen LogP contribution is -2.39. The first-order valence-corrected chi connectivity index (χ1v) is 11.2. The van der Waals surface area contributed by atoms with Crippen LogP contribution in [0.1, 0.15) is 22.5 Å². The van der Waals surface area contributed by atoms with Gasteiger partial charge in [-0.1, -0.05) is 18.2 Å². The highest BCUT2D eigenvalue weighted by Crippen LogP contribution is 2.30. The number of hydrogen-bond donors (Lipinski definition) is 0. The van der Waals surface area contributed by atoms with E-state index in [1.807, 2.05) is 0 Å². The number of carbonyl (C=O) groups is 1. The molecular weight excluding hydrogens is 385 g/mol. The monoisotopic (exact) mass is 403 g/mol. The number of rotatable bonds is 4. The van der Waals surface area contributed by atoms with Gasteiger partial charge in [0.05, 0.1) is 15.5 Å². The summed E-state index contributed by atoms with van der Waals surface area (Å²) in [6, 6.07) is 14.1. The van der Waals surface area contributed by atoms with Gasteiger partial charge in [0.15, 0.2) is 9.84 Å². The number of thiophene rings is 1. The fraction of sp³-hybridized carbons (Fsp3) is 0.250. The summed E-state index contributed by atoms with van der Waals surface area (Å²) in [5.41, 5.74) is 0. The van der Waals surface area contributed by atoms with Crippen molar-refractivity contribution in [3.8, 4) is 0 Å². The fourth-order valence-electron chi connectivity index (χ4n) is 3.51. The minimum Gasteiger partial charge on any atom is -0.334 e. The molecule has 0 N–H and O–H groups in total. The molecule has 1 amide bonds. The molecule has 0 bridgehead atoms. The number of amides is 1. The molecule has 3 aromatic rings. The maximum atomic E-state index is 13.4. The zero-order valence-electron chi connectivity index (χ0n) is 14.5.